The Hall–Kier alpha value is 0.440. The van der Waals surface area contributed by atoms with E-state index in [9.17, 15) is 0 Å². The van der Waals surface area contributed by atoms with Gasteiger partial charge in [-0.1, -0.05) is 0 Å². The largest absolute Gasteiger partial charge is 0.358 e. The van der Waals surface area contributed by atoms with E-state index in [2.05, 4.69) is 0 Å². The first-order chi connectivity index (χ1) is 5.00. The zero-order chi connectivity index (χ0) is 7.07. The Balaban J connectivity index is -0.00000000588. The molecule has 2 radical (unpaired) electrons. The van der Waals surface area contributed by atoms with Gasteiger partial charge >= 0.3 is 0 Å². The standard InChI is InChI=1S/2C5H5.10CH3.2Sc/c2*1-2-4-5-3-1;;;;;;;;;;;;/h2*1-5H;10*1H3;;/q12*-1;;. The third-order valence-electron chi connectivity index (χ3n) is 1.11. The second-order valence-corrected chi connectivity index (χ2v) is 1.92. The molecule has 0 heterocycles. The van der Waals surface area contributed by atoms with Crippen LogP contribution in [0.25, 0.3) is 0 Å². The van der Waals surface area contributed by atoms with Gasteiger partial charge in [0.2, 0.25) is 0 Å². The molecule has 2 aromatic rings. The van der Waals surface area contributed by atoms with Crippen molar-refractivity contribution in [2.45, 2.75) is 0 Å². The molecule has 0 amide bonds. The van der Waals surface area contributed by atoms with Crippen LogP contribution >= 0.6 is 0 Å². The Morgan fingerprint density at radius 2 is 0.455 bits per heavy atom. The fraction of sp³-hybridized carbons (Fsp3) is 0. The Labute approximate surface area is 185 Å². The molecule has 0 aliphatic rings. The van der Waals surface area contributed by atoms with E-state index >= 15 is 0 Å². The summed E-state index contributed by atoms with van der Waals surface area (Å²) in [6.45, 7) is 0. The van der Waals surface area contributed by atoms with Gasteiger partial charge in [0.15, 0.2) is 0 Å². The maximum absolute atomic E-state index is 2.00. The van der Waals surface area contributed by atoms with Crippen LogP contribution in [0, 0.1) is 74.3 Å². The topological polar surface area (TPSA) is 0 Å². The fourth-order valence-corrected chi connectivity index (χ4v) is 0.642. The minimum atomic E-state index is 0. The molecule has 0 spiro atoms. The molecule has 22 heavy (non-hydrogen) atoms. The molecular formula is C20H40Sc2-12. The minimum Gasteiger partial charge on any atom is -0.358 e. The zero-order valence-corrected chi connectivity index (χ0v) is 20.5. The molecule has 0 aliphatic heterocycles. The van der Waals surface area contributed by atoms with Crippen LogP contribution in [0.1, 0.15) is 0 Å². The van der Waals surface area contributed by atoms with E-state index in [4.69, 9.17) is 0 Å². The molecule has 0 atom stereocenters. The summed E-state index contributed by atoms with van der Waals surface area (Å²) in [5.74, 6) is 0. The van der Waals surface area contributed by atoms with E-state index in [0.717, 1.165) is 0 Å². The molecule has 2 heteroatoms. The van der Waals surface area contributed by atoms with Gasteiger partial charge in [0.05, 0.1) is 0 Å². The first-order valence-electron chi connectivity index (χ1n) is 3.33. The van der Waals surface area contributed by atoms with E-state index in [1.807, 2.05) is 60.7 Å². The summed E-state index contributed by atoms with van der Waals surface area (Å²) in [4.78, 5) is 0. The Morgan fingerprint density at radius 3 is 0.500 bits per heavy atom. The number of hydrogen-bond donors (Lipinski definition) is 0. The van der Waals surface area contributed by atoms with Crippen LogP contribution in [-0.2, 0) is 51.7 Å². The van der Waals surface area contributed by atoms with Gasteiger partial charge in [0.25, 0.3) is 0 Å². The molecule has 0 N–H and O–H groups in total. The van der Waals surface area contributed by atoms with Crippen LogP contribution < -0.4 is 0 Å². The summed E-state index contributed by atoms with van der Waals surface area (Å²) in [6.07, 6.45) is 0. The summed E-state index contributed by atoms with van der Waals surface area (Å²) < 4.78 is 0. The summed E-state index contributed by atoms with van der Waals surface area (Å²) in [7, 11) is 0. The van der Waals surface area contributed by atoms with Gasteiger partial charge in [-0.2, -0.15) is 36.4 Å². The van der Waals surface area contributed by atoms with Crippen molar-refractivity contribution in [3.63, 3.8) is 0 Å². The quantitative estimate of drug-likeness (QED) is 0.427. The van der Waals surface area contributed by atoms with Crippen molar-refractivity contribution in [2.24, 2.45) is 0 Å². The predicted octanol–water partition coefficient (Wildman–Crippen LogP) is 7.31. The fourth-order valence-electron chi connectivity index (χ4n) is 0.642. The summed E-state index contributed by atoms with van der Waals surface area (Å²) in [5.41, 5.74) is 0. The number of hydrogen-bond acceptors (Lipinski definition) is 0. The van der Waals surface area contributed by atoms with Crippen molar-refractivity contribution < 1.29 is 51.7 Å². The SMILES string of the molecule is [CH3-].[CH3-].[CH3-].[CH3-].[CH3-].[CH3-].[CH3-].[CH3-].[CH3-].[CH3-].[Sc].[Sc].c1cc[cH-]c1.c1cc[cH-]c1. The predicted molar refractivity (Wildman–Crippen MR) is 108 cm³/mol. The van der Waals surface area contributed by atoms with E-state index in [1.165, 1.54) is 0 Å². The van der Waals surface area contributed by atoms with Crippen LogP contribution in [0.4, 0.5) is 0 Å². The first kappa shape index (κ1) is 94.6. The minimum absolute atomic E-state index is 0. The van der Waals surface area contributed by atoms with E-state index in [0.29, 0.717) is 0 Å². The smallest absolute Gasteiger partial charge is 0 e. The summed E-state index contributed by atoms with van der Waals surface area (Å²) in [5, 5.41) is 0. The molecule has 2 rings (SSSR count). The molecule has 0 aromatic heterocycles. The van der Waals surface area contributed by atoms with Gasteiger partial charge in [-0.3, -0.25) is 0 Å². The molecule has 0 nitrogen and oxygen atoms in total. The third-order valence-corrected chi connectivity index (χ3v) is 1.11. The summed E-state index contributed by atoms with van der Waals surface area (Å²) >= 11 is 0. The van der Waals surface area contributed by atoms with Gasteiger partial charge in [-0.25, -0.2) is 24.3 Å². The van der Waals surface area contributed by atoms with Gasteiger partial charge in [0, 0.05) is 51.7 Å². The van der Waals surface area contributed by atoms with E-state index < -0.39 is 0 Å². The van der Waals surface area contributed by atoms with Crippen molar-refractivity contribution in [3.05, 3.63) is 135 Å². The monoisotopic (exact) mass is 370 g/mol. The molecule has 2 aromatic carbocycles. The molecule has 0 saturated heterocycles. The maximum Gasteiger partial charge on any atom is 0 e. The van der Waals surface area contributed by atoms with Crippen molar-refractivity contribution >= 4 is 0 Å². The van der Waals surface area contributed by atoms with Crippen molar-refractivity contribution in [2.75, 3.05) is 0 Å². The molecule has 0 aliphatic carbocycles. The average molecular weight is 370 g/mol. The first-order valence-corrected chi connectivity index (χ1v) is 3.33. The van der Waals surface area contributed by atoms with Crippen molar-refractivity contribution in [3.8, 4) is 0 Å². The normalized spacial score (nSPS) is 3.64. The van der Waals surface area contributed by atoms with Crippen LogP contribution in [0.3, 0.4) is 0 Å². The van der Waals surface area contributed by atoms with Crippen LogP contribution in [0.15, 0.2) is 60.7 Å². The third kappa shape index (κ3) is 70.9. The van der Waals surface area contributed by atoms with Crippen molar-refractivity contribution in [1.82, 2.24) is 0 Å². The zero-order valence-electron chi connectivity index (χ0n) is 16.9. The van der Waals surface area contributed by atoms with Gasteiger partial charge in [-0.15, -0.1) is 0 Å². The van der Waals surface area contributed by atoms with Crippen LogP contribution in [0.2, 0.25) is 0 Å². The molecule has 0 bridgehead atoms. The molecule has 0 unspecified atom stereocenters. The van der Waals surface area contributed by atoms with Gasteiger partial charge < -0.3 is 74.3 Å². The molecule has 138 valence electrons. The second kappa shape index (κ2) is 82.2. The van der Waals surface area contributed by atoms with E-state index in [1.54, 1.807) is 0 Å². The van der Waals surface area contributed by atoms with Crippen LogP contribution in [0.5, 0.6) is 0 Å². The average Bonchev–Trinajstić information content (AvgIpc) is 2.67. The Kier molecular flexibility index (Phi) is 354. The number of rotatable bonds is 0. The van der Waals surface area contributed by atoms with Crippen molar-refractivity contribution in [1.29, 1.82) is 0 Å². The van der Waals surface area contributed by atoms with Gasteiger partial charge in [-0.05, 0) is 0 Å². The molecular weight excluding hydrogens is 330 g/mol. The Bertz CT molecular complexity index is 149. The maximum atomic E-state index is 2.00. The summed E-state index contributed by atoms with van der Waals surface area (Å²) in [6, 6.07) is 20.0. The van der Waals surface area contributed by atoms with Crippen LogP contribution in [-0.4, -0.2) is 0 Å². The Morgan fingerprint density at radius 1 is 0.318 bits per heavy atom. The second-order valence-electron chi connectivity index (χ2n) is 1.92. The molecule has 0 fully saturated rings. The van der Waals surface area contributed by atoms with Gasteiger partial charge in [0.1, 0.15) is 0 Å². The molecule has 0 saturated carbocycles. The van der Waals surface area contributed by atoms with E-state index in [-0.39, 0.29) is 126 Å².